The van der Waals surface area contributed by atoms with Crippen molar-refractivity contribution < 1.29 is 9.59 Å². The summed E-state index contributed by atoms with van der Waals surface area (Å²) in [7, 11) is 0. The molecule has 3 aromatic rings. The van der Waals surface area contributed by atoms with E-state index in [4.69, 9.17) is 28.9 Å². The summed E-state index contributed by atoms with van der Waals surface area (Å²) in [6, 6.07) is 11.5. The highest BCUT2D eigenvalue weighted by Gasteiger charge is 2.27. The van der Waals surface area contributed by atoms with Gasteiger partial charge in [-0.25, -0.2) is 0 Å². The fraction of sp³-hybridized carbons (Fsp3) is 0.158. The van der Waals surface area contributed by atoms with Crippen molar-refractivity contribution in [3.63, 3.8) is 0 Å². The van der Waals surface area contributed by atoms with Crippen LogP contribution in [-0.4, -0.2) is 23.3 Å². The second-order valence-corrected chi connectivity index (χ2v) is 8.04. The van der Waals surface area contributed by atoms with Crippen LogP contribution < -0.4 is 5.73 Å². The minimum atomic E-state index is -0.647. The topological polar surface area (TPSA) is 63.4 Å². The van der Waals surface area contributed by atoms with E-state index in [0.29, 0.717) is 29.4 Å². The Morgan fingerprint density at radius 1 is 1.15 bits per heavy atom. The highest BCUT2D eigenvalue weighted by atomic mass is 35.5. The van der Waals surface area contributed by atoms with Gasteiger partial charge >= 0.3 is 0 Å². The van der Waals surface area contributed by atoms with Crippen LogP contribution in [0, 0.1) is 0 Å². The zero-order valence-electron chi connectivity index (χ0n) is 13.6. The molecule has 1 aliphatic rings. The van der Waals surface area contributed by atoms with Gasteiger partial charge in [0.2, 0.25) is 0 Å². The van der Waals surface area contributed by atoms with Crippen molar-refractivity contribution in [1.82, 2.24) is 4.90 Å². The maximum atomic E-state index is 12.9. The molecule has 2 heterocycles. The zero-order chi connectivity index (χ0) is 18.4. The number of rotatable bonds is 2. The number of amides is 2. The highest BCUT2D eigenvalue weighted by molar-refractivity contribution is 7.20. The summed E-state index contributed by atoms with van der Waals surface area (Å²) in [5, 5.41) is 1.59. The molecular weight excluding hydrogens is 391 g/mol. The first-order valence-corrected chi connectivity index (χ1v) is 9.60. The Morgan fingerprint density at radius 2 is 1.92 bits per heavy atom. The molecule has 0 radical (unpaired) electrons. The number of hydrogen-bond donors (Lipinski definition) is 1. The van der Waals surface area contributed by atoms with Gasteiger partial charge in [-0.05, 0) is 41.1 Å². The van der Waals surface area contributed by atoms with E-state index in [2.05, 4.69) is 0 Å². The first-order valence-electron chi connectivity index (χ1n) is 8.03. The summed E-state index contributed by atoms with van der Waals surface area (Å²) in [5.41, 5.74) is 7.21. The van der Waals surface area contributed by atoms with Gasteiger partial charge in [-0.15, -0.1) is 11.3 Å². The number of nitrogens with zero attached hydrogens (tertiary/aromatic N) is 1. The number of primary amides is 1. The fourth-order valence-corrected chi connectivity index (χ4v) is 5.10. The Balaban J connectivity index is 1.66. The van der Waals surface area contributed by atoms with E-state index in [1.807, 2.05) is 30.3 Å². The Hall–Kier alpha value is -2.08. The molecule has 4 rings (SSSR count). The minimum absolute atomic E-state index is 0.0110. The van der Waals surface area contributed by atoms with Crippen LogP contribution in [0.4, 0.5) is 0 Å². The van der Waals surface area contributed by atoms with Gasteiger partial charge in [-0.1, -0.05) is 41.4 Å². The Labute approximate surface area is 164 Å². The van der Waals surface area contributed by atoms with Crippen molar-refractivity contribution in [2.24, 2.45) is 5.73 Å². The van der Waals surface area contributed by atoms with Gasteiger partial charge in [-0.3, -0.25) is 9.59 Å². The summed E-state index contributed by atoms with van der Waals surface area (Å²) < 4.78 is 1.09. The van der Waals surface area contributed by atoms with Crippen LogP contribution in [0.3, 0.4) is 0 Å². The van der Waals surface area contributed by atoms with Gasteiger partial charge in [0.1, 0.15) is 0 Å². The molecule has 2 aromatic carbocycles. The van der Waals surface area contributed by atoms with E-state index in [0.717, 1.165) is 21.2 Å². The number of carbonyl (C=O) groups is 2. The molecule has 26 heavy (non-hydrogen) atoms. The lowest BCUT2D eigenvalue weighted by atomic mass is 9.96. The van der Waals surface area contributed by atoms with Gasteiger partial charge in [0, 0.05) is 17.8 Å². The van der Waals surface area contributed by atoms with Crippen LogP contribution in [0.2, 0.25) is 10.0 Å². The molecule has 1 aromatic heterocycles. The standard InChI is InChI=1S/C19H14Cl2N2O2S/c20-13-7-11-9-23(6-5-12(11)17(21)16(13)18(22)24)19(25)15-8-10-3-1-2-4-14(10)26-15/h1-4,7-8H,5-6,9H2,(H2,22,24). The van der Waals surface area contributed by atoms with Crippen LogP contribution in [0.1, 0.15) is 31.2 Å². The lowest BCUT2D eigenvalue weighted by Crippen LogP contribution is -2.36. The largest absolute Gasteiger partial charge is 0.366 e. The number of hydrogen-bond acceptors (Lipinski definition) is 3. The van der Waals surface area contributed by atoms with Crippen molar-refractivity contribution >= 4 is 56.4 Å². The number of nitrogens with two attached hydrogens (primary N) is 1. The molecule has 4 nitrogen and oxygen atoms in total. The molecule has 0 unspecified atom stereocenters. The average Bonchev–Trinajstić information content (AvgIpc) is 3.04. The number of fused-ring (bicyclic) bond motifs is 2. The monoisotopic (exact) mass is 404 g/mol. The van der Waals surface area contributed by atoms with Crippen molar-refractivity contribution in [2.75, 3.05) is 6.54 Å². The molecule has 0 saturated heterocycles. The zero-order valence-corrected chi connectivity index (χ0v) is 15.9. The quantitative estimate of drug-likeness (QED) is 0.682. The van der Waals surface area contributed by atoms with Crippen molar-refractivity contribution in [3.8, 4) is 0 Å². The second kappa shape index (κ2) is 6.58. The minimum Gasteiger partial charge on any atom is -0.366 e. The Morgan fingerprint density at radius 3 is 2.65 bits per heavy atom. The molecule has 0 atom stereocenters. The fourth-order valence-electron chi connectivity index (χ4n) is 3.29. The molecule has 1 aliphatic heterocycles. The van der Waals surface area contributed by atoms with Gasteiger partial charge in [-0.2, -0.15) is 0 Å². The molecule has 0 aliphatic carbocycles. The molecule has 7 heteroatoms. The lowest BCUT2D eigenvalue weighted by Gasteiger charge is -2.30. The number of halogens is 2. The molecule has 2 amide bonds. The molecular formula is C19H14Cl2N2O2S. The summed E-state index contributed by atoms with van der Waals surface area (Å²) in [6.45, 7) is 0.931. The van der Waals surface area contributed by atoms with Crippen molar-refractivity contribution in [3.05, 3.63) is 68.0 Å². The van der Waals surface area contributed by atoms with E-state index in [1.165, 1.54) is 11.3 Å². The molecule has 0 bridgehead atoms. The number of carbonyl (C=O) groups excluding carboxylic acids is 2. The lowest BCUT2D eigenvalue weighted by molar-refractivity contribution is 0.0739. The maximum Gasteiger partial charge on any atom is 0.264 e. The van der Waals surface area contributed by atoms with E-state index < -0.39 is 5.91 Å². The van der Waals surface area contributed by atoms with Gasteiger partial charge < -0.3 is 10.6 Å². The SMILES string of the molecule is NC(=O)c1c(Cl)cc2c(c1Cl)CCN(C(=O)c1cc3ccccc3s1)C2. The number of benzene rings is 2. The Bertz CT molecular complexity index is 1030. The summed E-state index contributed by atoms with van der Waals surface area (Å²) in [5.74, 6) is -0.658. The smallest absolute Gasteiger partial charge is 0.264 e. The van der Waals surface area contributed by atoms with Crippen LogP contribution in [0.5, 0.6) is 0 Å². The van der Waals surface area contributed by atoms with Gasteiger partial charge in [0.25, 0.3) is 11.8 Å². The van der Waals surface area contributed by atoms with E-state index in [-0.39, 0.29) is 16.5 Å². The molecule has 0 fully saturated rings. The highest BCUT2D eigenvalue weighted by Crippen LogP contribution is 2.35. The third-order valence-corrected chi connectivity index (χ3v) is 6.39. The third-order valence-electron chi connectivity index (χ3n) is 4.57. The molecule has 2 N–H and O–H groups in total. The van der Waals surface area contributed by atoms with Gasteiger partial charge in [0.15, 0.2) is 0 Å². The molecule has 132 valence electrons. The second-order valence-electron chi connectivity index (χ2n) is 6.17. The summed E-state index contributed by atoms with van der Waals surface area (Å²) >= 11 is 14.0. The molecule has 0 spiro atoms. The van der Waals surface area contributed by atoms with Crippen LogP contribution in [-0.2, 0) is 13.0 Å². The summed E-state index contributed by atoms with van der Waals surface area (Å²) in [6.07, 6.45) is 0.558. The normalized spacial score (nSPS) is 13.7. The van der Waals surface area contributed by atoms with Crippen molar-refractivity contribution in [2.45, 2.75) is 13.0 Å². The predicted octanol–water partition coefficient (Wildman–Crippen LogP) is 4.51. The average molecular weight is 405 g/mol. The maximum absolute atomic E-state index is 12.9. The first-order chi connectivity index (χ1) is 12.5. The number of thiophene rings is 1. The van der Waals surface area contributed by atoms with Gasteiger partial charge in [0.05, 0.1) is 20.5 Å². The molecule has 0 saturated carbocycles. The van der Waals surface area contributed by atoms with Crippen molar-refractivity contribution in [1.29, 1.82) is 0 Å². The van der Waals surface area contributed by atoms with Crippen LogP contribution >= 0.6 is 34.5 Å². The first kappa shape index (κ1) is 17.3. The third kappa shape index (κ3) is 2.86. The van der Waals surface area contributed by atoms with E-state index >= 15 is 0 Å². The van der Waals surface area contributed by atoms with E-state index in [9.17, 15) is 9.59 Å². The van der Waals surface area contributed by atoms with Crippen LogP contribution in [0.25, 0.3) is 10.1 Å². The van der Waals surface area contributed by atoms with E-state index in [1.54, 1.807) is 11.0 Å². The summed E-state index contributed by atoms with van der Waals surface area (Å²) in [4.78, 5) is 27.0. The predicted molar refractivity (Wildman–Crippen MR) is 105 cm³/mol. The van der Waals surface area contributed by atoms with Crippen LogP contribution in [0.15, 0.2) is 36.4 Å². The Kier molecular flexibility index (Phi) is 4.39.